The van der Waals surface area contributed by atoms with Gasteiger partial charge in [0.25, 0.3) is 0 Å². The fourth-order valence-electron chi connectivity index (χ4n) is 2.71. The van der Waals surface area contributed by atoms with Crippen molar-refractivity contribution in [2.75, 3.05) is 31.6 Å². The lowest BCUT2D eigenvalue weighted by molar-refractivity contribution is 0.223. The van der Waals surface area contributed by atoms with Gasteiger partial charge in [0, 0.05) is 29.0 Å². The highest BCUT2D eigenvalue weighted by molar-refractivity contribution is 7.19. The fraction of sp³-hybridized carbons (Fsp3) is 0.286. The summed E-state index contributed by atoms with van der Waals surface area (Å²) in [5.41, 5.74) is 1.98. The van der Waals surface area contributed by atoms with Crippen LogP contribution in [0.2, 0.25) is 5.02 Å². The predicted octanol–water partition coefficient (Wildman–Crippen LogP) is 5.93. The Morgan fingerprint density at radius 2 is 1.81 bits per heavy atom. The van der Waals surface area contributed by atoms with Crippen molar-refractivity contribution >= 4 is 33.8 Å². The number of likely N-dealkylation sites (N-methyl/N-ethyl adjacent to an activating group) is 1. The quantitative estimate of drug-likeness (QED) is 0.482. The monoisotopic (exact) mass is 401 g/mol. The van der Waals surface area contributed by atoms with Gasteiger partial charge in [-0.3, -0.25) is 0 Å². The lowest BCUT2D eigenvalue weighted by Crippen LogP contribution is -2.27. The smallest absolute Gasteiger partial charge is 0.187 e. The maximum atomic E-state index is 6.27. The molecule has 3 aromatic rings. The number of hydrogen-bond donors (Lipinski definition) is 1. The zero-order valence-electron chi connectivity index (χ0n) is 15.6. The number of nitrogens with one attached hydrogen (secondary N) is 1. The van der Waals surface area contributed by atoms with Crippen molar-refractivity contribution in [3.63, 3.8) is 0 Å². The van der Waals surface area contributed by atoms with E-state index in [1.165, 1.54) is 0 Å². The Morgan fingerprint density at radius 3 is 2.52 bits per heavy atom. The Hall–Kier alpha value is -2.08. The van der Waals surface area contributed by atoms with E-state index in [0.29, 0.717) is 6.61 Å². The summed E-state index contributed by atoms with van der Waals surface area (Å²) in [5, 5.41) is 4.90. The third kappa shape index (κ3) is 5.45. The molecule has 0 bridgehead atoms. The van der Waals surface area contributed by atoms with Gasteiger partial charge in [0.1, 0.15) is 12.4 Å². The van der Waals surface area contributed by atoms with Crippen LogP contribution in [0.4, 0.5) is 10.8 Å². The molecule has 1 aromatic heterocycles. The summed E-state index contributed by atoms with van der Waals surface area (Å²) in [4.78, 5) is 7.83. The first-order valence-electron chi connectivity index (χ1n) is 9.12. The van der Waals surface area contributed by atoms with E-state index >= 15 is 0 Å². The molecular weight excluding hydrogens is 378 g/mol. The summed E-state index contributed by atoms with van der Waals surface area (Å²) in [6.45, 7) is 8.07. The number of aromatic nitrogens is 1. The minimum absolute atomic E-state index is 0.697. The summed E-state index contributed by atoms with van der Waals surface area (Å²) in [7, 11) is 0. The average Bonchev–Trinajstić information content (AvgIpc) is 3.15. The molecule has 4 nitrogen and oxygen atoms in total. The molecule has 142 valence electrons. The van der Waals surface area contributed by atoms with Gasteiger partial charge in [-0.15, -0.1) is 0 Å². The Morgan fingerprint density at radius 1 is 1.07 bits per heavy atom. The van der Waals surface area contributed by atoms with Gasteiger partial charge in [0.2, 0.25) is 0 Å². The third-order valence-corrected chi connectivity index (χ3v) is 5.60. The van der Waals surface area contributed by atoms with E-state index in [0.717, 1.165) is 51.7 Å². The maximum Gasteiger partial charge on any atom is 0.187 e. The molecule has 0 aliphatic carbocycles. The predicted molar refractivity (Wildman–Crippen MR) is 116 cm³/mol. The molecule has 0 spiro atoms. The lowest BCUT2D eigenvalue weighted by atomic mass is 10.2. The minimum Gasteiger partial charge on any atom is -0.492 e. The number of benzene rings is 2. The first-order valence-corrected chi connectivity index (χ1v) is 10.3. The van der Waals surface area contributed by atoms with Gasteiger partial charge in [0.15, 0.2) is 5.13 Å². The number of nitrogens with zero attached hydrogens (tertiary/aromatic N) is 2. The average molecular weight is 402 g/mol. The van der Waals surface area contributed by atoms with Gasteiger partial charge in [-0.1, -0.05) is 55.0 Å². The van der Waals surface area contributed by atoms with Crippen LogP contribution in [0.5, 0.6) is 5.75 Å². The highest BCUT2D eigenvalue weighted by Gasteiger charge is 2.08. The highest BCUT2D eigenvalue weighted by Crippen LogP contribution is 2.34. The van der Waals surface area contributed by atoms with E-state index in [2.05, 4.69) is 29.0 Å². The van der Waals surface area contributed by atoms with E-state index < -0.39 is 0 Å². The molecule has 1 N–H and O–H groups in total. The molecule has 1 heterocycles. The molecule has 0 fully saturated rings. The Balaban J connectivity index is 1.57. The van der Waals surface area contributed by atoms with Crippen LogP contribution in [0.1, 0.15) is 13.8 Å². The van der Waals surface area contributed by atoms with Crippen LogP contribution in [0.15, 0.2) is 54.7 Å². The van der Waals surface area contributed by atoms with Crippen molar-refractivity contribution in [3.05, 3.63) is 59.8 Å². The molecule has 0 amide bonds. The maximum absolute atomic E-state index is 6.27. The number of halogens is 1. The van der Waals surface area contributed by atoms with Crippen molar-refractivity contribution in [1.29, 1.82) is 0 Å². The first kappa shape index (κ1) is 19.7. The van der Waals surface area contributed by atoms with Gasteiger partial charge in [-0.25, -0.2) is 4.98 Å². The Kier molecular flexibility index (Phi) is 7.10. The summed E-state index contributed by atoms with van der Waals surface area (Å²) in [6, 6.07) is 15.8. The zero-order valence-corrected chi connectivity index (χ0v) is 17.2. The van der Waals surface area contributed by atoms with Crippen LogP contribution in [-0.2, 0) is 0 Å². The third-order valence-electron chi connectivity index (χ3n) is 4.32. The summed E-state index contributed by atoms with van der Waals surface area (Å²) < 4.78 is 5.82. The van der Waals surface area contributed by atoms with Gasteiger partial charge < -0.3 is 15.0 Å². The number of thiazole rings is 1. The zero-order chi connectivity index (χ0) is 19.1. The Labute approximate surface area is 169 Å². The molecule has 0 radical (unpaired) electrons. The standard InChI is InChI=1S/C21H24ClN3OS/c1-3-25(4-2)13-14-26-17-11-9-16(10-12-17)24-21-23-15-20(27-21)18-7-5-6-8-19(18)22/h5-12,15H,3-4,13-14H2,1-2H3,(H,23,24). The fourth-order valence-corrected chi connectivity index (χ4v) is 3.88. The molecule has 0 saturated carbocycles. The van der Waals surface area contributed by atoms with Gasteiger partial charge in [-0.05, 0) is 43.4 Å². The Bertz CT molecular complexity index is 847. The van der Waals surface area contributed by atoms with Crippen LogP contribution in [0.3, 0.4) is 0 Å². The molecule has 0 aliphatic heterocycles. The van der Waals surface area contributed by atoms with E-state index in [9.17, 15) is 0 Å². The molecule has 0 saturated heterocycles. The van der Waals surface area contributed by atoms with Crippen molar-refractivity contribution in [2.24, 2.45) is 0 Å². The van der Waals surface area contributed by atoms with Crippen LogP contribution in [0.25, 0.3) is 10.4 Å². The second-order valence-electron chi connectivity index (χ2n) is 6.03. The number of anilines is 2. The minimum atomic E-state index is 0.697. The lowest BCUT2D eigenvalue weighted by Gasteiger charge is -2.18. The largest absolute Gasteiger partial charge is 0.492 e. The van der Waals surface area contributed by atoms with E-state index in [1.807, 2.05) is 54.7 Å². The first-order chi connectivity index (χ1) is 13.2. The van der Waals surface area contributed by atoms with Crippen molar-refractivity contribution in [2.45, 2.75) is 13.8 Å². The van der Waals surface area contributed by atoms with Crippen molar-refractivity contribution in [3.8, 4) is 16.2 Å². The molecule has 2 aromatic carbocycles. The second-order valence-corrected chi connectivity index (χ2v) is 7.47. The topological polar surface area (TPSA) is 37.4 Å². The van der Waals surface area contributed by atoms with Crippen LogP contribution < -0.4 is 10.1 Å². The van der Waals surface area contributed by atoms with E-state index in [4.69, 9.17) is 16.3 Å². The normalized spacial score (nSPS) is 11.0. The van der Waals surface area contributed by atoms with E-state index in [-0.39, 0.29) is 0 Å². The summed E-state index contributed by atoms with van der Waals surface area (Å²) in [5.74, 6) is 0.878. The van der Waals surface area contributed by atoms with E-state index in [1.54, 1.807) is 11.3 Å². The van der Waals surface area contributed by atoms with Crippen LogP contribution in [-0.4, -0.2) is 36.1 Å². The molecular formula is C21H24ClN3OS. The molecule has 6 heteroatoms. The summed E-state index contributed by atoms with van der Waals surface area (Å²) in [6.07, 6.45) is 1.85. The van der Waals surface area contributed by atoms with Crippen molar-refractivity contribution in [1.82, 2.24) is 9.88 Å². The number of rotatable bonds is 9. The van der Waals surface area contributed by atoms with Crippen molar-refractivity contribution < 1.29 is 4.74 Å². The highest BCUT2D eigenvalue weighted by atomic mass is 35.5. The van der Waals surface area contributed by atoms with Gasteiger partial charge in [-0.2, -0.15) is 0 Å². The second kappa shape index (κ2) is 9.74. The molecule has 0 unspecified atom stereocenters. The number of hydrogen-bond acceptors (Lipinski definition) is 5. The van der Waals surface area contributed by atoms with Gasteiger partial charge in [0.05, 0.1) is 4.88 Å². The number of ether oxygens (including phenoxy) is 1. The molecule has 0 atom stereocenters. The molecule has 3 rings (SSSR count). The van der Waals surface area contributed by atoms with Crippen LogP contribution >= 0.6 is 22.9 Å². The van der Waals surface area contributed by atoms with Gasteiger partial charge >= 0.3 is 0 Å². The van der Waals surface area contributed by atoms with Crippen LogP contribution in [0, 0.1) is 0 Å². The molecule has 0 aliphatic rings. The summed E-state index contributed by atoms with van der Waals surface area (Å²) >= 11 is 7.84. The SMILES string of the molecule is CCN(CC)CCOc1ccc(Nc2ncc(-c3ccccc3Cl)s2)cc1. The molecule has 27 heavy (non-hydrogen) atoms.